The van der Waals surface area contributed by atoms with Crippen LogP contribution in [0.2, 0.25) is 0 Å². The third-order valence-corrected chi connectivity index (χ3v) is 4.58. The van der Waals surface area contributed by atoms with E-state index in [2.05, 4.69) is 12.2 Å². The molecule has 0 aliphatic heterocycles. The molecule has 0 bridgehead atoms. The van der Waals surface area contributed by atoms with Crippen LogP contribution in [-0.2, 0) is 0 Å². The molecule has 98 valence electrons. The van der Waals surface area contributed by atoms with Crippen molar-refractivity contribution < 1.29 is 9.90 Å². The van der Waals surface area contributed by atoms with Gasteiger partial charge in [0, 0.05) is 16.9 Å². The van der Waals surface area contributed by atoms with E-state index in [1.165, 1.54) is 18.9 Å². The maximum Gasteiger partial charge on any atom is 0.251 e. The van der Waals surface area contributed by atoms with Crippen LogP contribution >= 0.6 is 11.8 Å². The molecule has 4 heteroatoms. The summed E-state index contributed by atoms with van der Waals surface area (Å²) in [5.41, 5.74) is 0.530. The molecule has 1 aliphatic rings. The van der Waals surface area contributed by atoms with Gasteiger partial charge >= 0.3 is 0 Å². The molecule has 0 radical (unpaired) electrons. The van der Waals surface area contributed by atoms with Crippen LogP contribution in [0.1, 0.15) is 36.5 Å². The summed E-state index contributed by atoms with van der Waals surface area (Å²) in [7, 11) is 0. The first kappa shape index (κ1) is 13.3. The summed E-state index contributed by atoms with van der Waals surface area (Å²) in [6, 6.07) is 6.77. The Morgan fingerprint density at radius 2 is 2.33 bits per heavy atom. The van der Waals surface area contributed by atoms with Crippen LogP contribution < -0.4 is 5.32 Å². The van der Waals surface area contributed by atoms with Gasteiger partial charge in [0.15, 0.2) is 0 Å². The lowest BCUT2D eigenvalue weighted by Gasteiger charge is -2.20. The van der Waals surface area contributed by atoms with Crippen LogP contribution in [0.15, 0.2) is 24.3 Å². The molecular weight excluding hydrogens is 246 g/mol. The number of nitrogens with one attached hydrogen (secondary N) is 1. The summed E-state index contributed by atoms with van der Waals surface area (Å²) in [6.45, 7) is 2.15. The molecule has 1 saturated carbocycles. The highest BCUT2D eigenvalue weighted by atomic mass is 32.2. The first-order valence-corrected chi connectivity index (χ1v) is 7.47. The topological polar surface area (TPSA) is 49.3 Å². The van der Waals surface area contributed by atoms with E-state index in [-0.39, 0.29) is 17.7 Å². The molecule has 1 fully saturated rings. The van der Waals surface area contributed by atoms with E-state index in [0.29, 0.717) is 10.8 Å². The van der Waals surface area contributed by atoms with E-state index in [0.717, 1.165) is 12.2 Å². The molecule has 1 aromatic carbocycles. The van der Waals surface area contributed by atoms with Crippen LogP contribution in [0.4, 0.5) is 0 Å². The summed E-state index contributed by atoms with van der Waals surface area (Å²) < 4.78 is 0. The summed E-state index contributed by atoms with van der Waals surface area (Å²) in [5.74, 6) is 1.14. The predicted octanol–water partition coefficient (Wildman–Crippen LogP) is 2.80. The summed E-state index contributed by atoms with van der Waals surface area (Å²) >= 11 is 1.92. The van der Waals surface area contributed by atoms with E-state index < -0.39 is 0 Å². The molecule has 3 nitrogen and oxygen atoms in total. The number of phenolic OH excluding ortho intramolecular Hbond substituents is 1. The average Bonchev–Trinajstić information content (AvgIpc) is 2.77. The molecule has 2 rings (SSSR count). The molecule has 2 N–H and O–H groups in total. The normalized spacial score (nSPS) is 22.9. The lowest BCUT2D eigenvalue weighted by Crippen LogP contribution is -2.38. The lowest BCUT2D eigenvalue weighted by molar-refractivity contribution is 0.0938. The Kier molecular flexibility index (Phi) is 4.53. The molecule has 0 aromatic heterocycles. The zero-order valence-corrected chi connectivity index (χ0v) is 11.4. The Bertz CT molecular complexity index is 422. The SMILES string of the molecule is CCSC1CCCC1NC(=O)c1cccc(O)c1. The Morgan fingerprint density at radius 1 is 1.50 bits per heavy atom. The smallest absolute Gasteiger partial charge is 0.251 e. The van der Waals surface area contributed by atoms with Crippen LogP contribution in [0.3, 0.4) is 0 Å². The fourth-order valence-corrected chi connectivity index (χ4v) is 3.60. The van der Waals surface area contributed by atoms with Crippen molar-refractivity contribution in [3.8, 4) is 5.75 Å². The van der Waals surface area contributed by atoms with Gasteiger partial charge in [-0.2, -0.15) is 11.8 Å². The maximum atomic E-state index is 12.1. The van der Waals surface area contributed by atoms with Crippen molar-refractivity contribution in [3.05, 3.63) is 29.8 Å². The minimum atomic E-state index is -0.0838. The highest BCUT2D eigenvalue weighted by Gasteiger charge is 2.28. The van der Waals surface area contributed by atoms with Crippen molar-refractivity contribution >= 4 is 17.7 Å². The van der Waals surface area contributed by atoms with Crippen molar-refractivity contribution in [2.75, 3.05) is 5.75 Å². The standard InChI is InChI=1S/C14H19NO2S/c1-2-18-13-8-4-7-12(13)15-14(17)10-5-3-6-11(16)9-10/h3,5-6,9,12-13,16H,2,4,7-8H2,1H3,(H,15,17). The van der Waals surface area contributed by atoms with Gasteiger partial charge < -0.3 is 10.4 Å². The maximum absolute atomic E-state index is 12.1. The number of thioether (sulfide) groups is 1. The second kappa shape index (κ2) is 6.14. The van der Waals surface area contributed by atoms with Gasteiger partial charge in [0.1, 0.15) is 5.75 Å². The zero-order valence-electron chi connectivity index (χ0n) is 10.6. The molecule has 0 saturated heterocycles. The van der Waals surface area contributed by atoms with Crippen LogP contribution in [0.25, 0.3) is 0 Å². The third-order valence-electron chi connectivity index (χ3n) is 3.26. The molecule has 2 unspecified atom stereocenters. The van der Waals surface area contributed by atoms with E-state index in [1.54, 1.807) is 18.2 Å². The van der Waals surface area contributed by atoms with Gasteiger partial charge in [-0.15, -0.1) is 0 Å². The first-order chi connectivity index (χ1) is 8.70. The Hall–Kier alpha value is -1.16. The fraction of sp³-hybridized carbons (Fsp3) is 0.500. The molecule has 0 spiro atoms. The van der Waals surface area contributed by atoms with Crippen molar-refractivity contribution in [2.24, 2.45) is 0 Å². The Morgan fingerprint density at radius 3 is 3.06 bits per heavy atom. The van der Waals surface area contributed by atoms with Crippen molar-refractivity contribution in [1.29, 1.82) is 0 Å². The second-order valence-electron chi connectivity index (χ2n) is 4.55. The minimum Gasteiger partial charge on any atom is -0.508 e. The third kappa shape index (κ3) is 3.19. The molecule has 1 amide bonds. The van der Waals surface area contributed by atoms with Crippen LogP contribution in [0.5, 0.6) is 5.75 Å². The predicted molar refractivity (Wildman–Crippen MR) is 75.1 cm³/mol. The molecule has 18 heavy (non-hydrogen) atoms. The number of amides is 1. The molecule has 2 atom stereocenters. The van der Waals surface area contributed by atoms with E-state index in [1.807, 2.05) is 11.8 Å². The monoisotopic (exact) mass is 265 g/mol. The van der Waals surface area contributed by atoms with Gasteiger partial charge in [-0.25, -0.2) is 0 Å². The van der Waals surface area contributed by atoms with Crippen molar-refractivity contribution in [1.82, 2.24) is 5.32 Å². The van der Waals surface area contributed by atoms with Crippen LogP contribution in [0, 0.1) is 0 Å². The van der Waals surface area contributed by atoms with Gasteiger partial charge in [-0.05, 0) is 36.8 Å². The van der Waals surface area contributed by atoms with Gasteiger partial charge in [0.25, 0.3) is 5.91 Å². The van der Waals surface area contributed by atoms with Gasteiger partial charge in [-0.1, -0.05) is 19.4 Å². The Balaban J connectivity index is 1.98. The average molecular weight is 265 g/mol. The highest BCUT2D eigenvalue weighted by Crippen LogP contribution is 2.30. The summed E-state index contributed by atoms with van der Waals surface area (Å²) in [5, 5.41) is 13.0. The van der Waals surface area contributed by atoms with Crippen molar-refractivity contribution in [2.45, 2.75) is 37.5 Å². The Labute approximate surface area is 112 Å². The number of hydrogen-bond acceptors (Lipinski definition) is 3. The number of phenols is 1. The first-order valence-electron chi connectivity index (χ1n) is 6.42. The quantitative estimate of drug-likeness (QED) is 0.880. The number of benzene rings is 1. The summed E-state index contributed by atoms with van der Waals surface area (Å²) in [6.07, 6.45) is 3.42. The van der Waals surface area contributed by atoms with E-state index in [4.69, 9.17) is 0 Å². The largest absolute Gasteiger partial charge is 0.508 e. The lowest BCUT2D eigenvalue weighted by atomic mass is 10.1. The molecule has 1 aliphatic carbocycles. The number of aromatic hydroxyl groups is 1. The van der Waals surface area contributed by atoms with Gasteiger partial charge in [-0.3, -0.25) is 4.79 Å². The molecule has 1 aromatic rings. The number of carbonyl (C=O) groups excluding carboxylic acids is 1. The van der Waals surface area contributed by atoms with E-state index in [9.17, 15) is 9.90 Å². The number of rotatable bonds is 4. The van der Waals surface area contributed by atoms with Crippen LogP contribution in [-0.4, -0.2) is 28.1 Å². The molecule has 0 heterocycles. The number of carbonyl (C=O) groups is 1. The van der Waals surface area contributed by atoms with E-state index >= 15 is 0 Å². The second-order valence-corrected chi connectivity index (χ2v) is 6.07. The number of hydrogen-bond donors (Lipinski definition) is 2. The fourth-order valence-electron chi connectivity index (χ4n) is 2.40. The van der Waals surface area contributed by atoms with Gasteiger partial charge in [0.05, 0.1) is 0 Å². The zero-order chi connectivity index (χ0) is 13.0. The minimum absolute atomic E-state index is 0.0838. The summed E-state index contributed by atoms with van der Waals surface area (Å²) in [4.78, 5) is 12.1. The van der Waals surface area contributed by atoms with Gasteiger partial charge in [0.2, 0.25) is 0 Å². The molecular formula is C14H19NO2S. The highest BCUT2D eigenvalue weighted by molar-refractivity contribution is 7.99. The van der Waals surface area contributed by atoms with Crippen molar-refractivity contribution in [3.63, 3.8) is 0 Å².